The summed E-state index contributed by atoms with van der Waals surface area (Å²) in [6, 6.07) is -0.718. The van der Waals surface area contributed by atoms with Crippen LogP contribution in [0.2, 0.25) is 0 Å². The first-order chi connectivity index (χ1) is 39.8. The number of nitrogens with one attached hydrogen (secondary N) is 1. The molecule has 9 heteroatoms. The van der Waals surface area contributed by atoms with Crippen molar-refractivity contribution >= 4 is 5.91 Å². The molecule has 0 aromatic carbocycles. The van der Waals surface area contributed by atoms with E-state index in [1.807, 2.05) is 0 Å². The van der Waals surface area contributed by atoms with Crippen LogP contribution in [0.15, 0.2) is 24.3 Å². The van der Waals surface area contributed by atoms with Gasteiger partial charge in [-0.15, -0.1) is 0 Å². The minimum atomic E-state index is -1.55. The van der Waals surface area contributed by atoms with Crippen molar-refractivity contribution in [3.8, 4) is 0 Å². The molecule has 0 saturated carbocycles. The van der Waals surface area contributed by atoms with Gasteiger partial charge in [-0.05, 0) is 44.9 Å². The molecule has 1 rings (SSSR count). The molecular weight excluding hydrogens is 1010 g/mol. The largest absolute Gasteiger partial charge is 0.394 e. The zero-order valence-electron chi connectivity index (χ0n) is 53.8. The predicted molar refractivity (Wildman–Crippen MR) is 346 cm³/mol. The Balaban J connectivity index is 2.09. The number of aliphatic hydroxyl groups excluding tert-OH is 5. The van der Waals surface area contributed by atoms with Crippen molar-refractivity contribution in [3.05, 3.63) is 24.3 Å². The summed E-state index contributed by atoms with van der Waals surface area (Å²) in [7, 11) is 0. The average molecular weight is 1150 g/mol. The molecule has 1 amide bonds. The molecule has 6 N–H and O–H groups in total. The Bertz CT molecular complexity index is 1330. The molecule has 1 aliphatic heterocycles. The lowest BCUT2D eigenvalue weighted by Crippen LogP contribution is -2.60. The second-order valence-electron chi connectivity index (χ2n) is 25.4. The van der Waals surface area contributed by atoms with Gasteiger partial charge in [0.25, 0.3) is 0 Å². The lowest BCUT2D eigenvalue weighted by atomic mass is 9.99. The summed E-state index contributed by atoms with van der Waals surface area (Å²) >= 11 is 0. The van der Waals surface area contributed by atoms with Crippen LogP contribution in [-0.2, 0) is 14.3 Å². The van der Waals surface area contributed by atoms with Crippen molar-refractivity contribution in [2.24, 2.45) is 0 Å². The molecule has 1 aliphatic rings. The van der Waals surface area contributed by atoms with E-state index in [1.54, 1.807) is 0 Å². The Kier molecular flexibility index (Phi) is 59.2. The molecule has 0 spiro atoms. The molecule has 0 aromatic rings. The molecule has 0 aromatic heterocycles. The van der Waals surface area contributed by atoms with Gasteiger partial charge in [0.1, 0.15) is 24.4 Å². The highest BCUT2D eigenvalue weighted by molar-refractivity contribution is 5.76. The summed E-state index contributed by atoms with van der Waals surface area (Å²) in [6.45, 7) is 3.89. The van der Waals surface area contributed by atoms with E-state index >= 15 is 0 Å². The van der Waals surface area contributed by atoms with Crippen LogP contribution in [0.5, 0.6) is 0 Å². The minimum absolute atomic E-state index is 0.133. The molecule has 81 heavy (non-hydrogen) atoms. The van der Waals surface area contributed by atoms with E-state index in [1.165, 1.54) is 302 Å². The first-order valence-electron chi connectivity index (χ1n) is 36.0. The van der Waals surface area contributed by atoms with Crippen LogP contribution in [0.25, 0.3) is 0 Å². The van der Waals surface area contributed by atoms with Gasteiger partial charge < -0.3 is 40.3 Å². The maximum Gasteiger partial charge on any atom is 0.220 e. The van der Waals surface area contributed by atoms with Crippen LogP contribution in [0.1, 0.15) is 373 Å². The Labute approximate surface area is 502 Å². The van der Waals surface area contributed by atoms with Crippen molar-refractivity contribution in [2.45, 2.75) is 416 Å². The second kappa shape index (κ2) is 61.7. The Morgan fingerprint density at radius 1 is 0.420 bits per heavy atom. The Morgan fingerprint density at radius 2 is 0.728 bits per heavy atom. The number of allylic oxidation sites excluding steroid dienone is 4. The fraction of sp³-hybridized carbons (Fsp3) is 0.931. The lowest BCUT2D eigenvalue weighted by molar-refractivity contribution is -0.302. The number of aliphatic hydroxyl groups is 5. The highest BCUT2D eigenvalue weighted by Gasteiger charge is 2.44. The molecule has 1 fully saturated rings. The van der Waals surface area contributed by atoms with Crippen LogP contribution < -0.4 is 5.32 Å². The molecular formula is C72H139NO8. The highest BCUT2D eigenvalue weighted by atomic mass is 16.7. The van der Waals surface area contributed by atoms with Crippen LogP contribution in [0.3, 0.4) is 0 Å². The monoisotopic (exact) mass is 1150 g/mol. The number of carbonyl (C=O) groups excluding carboxylic acids is 1. The summed E-state index contributed by atoms with van der Waals surface area (Å²) in [5.41, 5.74) is 0. The maximum absolute atomic E-state index is 13.2. The number of carbonyl (C=O) groups is 1. The Hall–Kier alpha value is -1.33. The molecule has 1 heterocycles. The van der Waals surface area contributed by atoms with Crippen LogP contribution in [0.4, 0.5) is 0 Å². The zero-order valence-corrected chi connectivity index (χ0v) is 53.8. The topological polar surface area (TPSA) is 149 Å². The summed E-state index contributed by atoms with van der Waals surface area (Å²) in [5.74, 6) is -0.136. The molecule has 0 radical (unpaired) electrons. The number of ether oxygens (including phenoxy) is 2. The normalized spacial score (nSPS) is 18.4. The van der Waals surface area contributed by atoms with Crippen LogP contribution in [0, 0.1) is 0 Å². The highest BCUT2D eigenvalue weighted by Crippen LogP contribution is 2.24. The number of unbranched alkanes of at least 4 members (excludes halogenated alkanes) is 50. The minimum Gasteiger partial charge on any atom is -0.394 e. The summed E-state index contributed by atoms with van der Waals surface area (Å²) in [5, 5.41) is 55.0. The van der Waals surface area contributed by atoms with Gasteiger partial charge >= 0.3 is 0 Å². The zero-order chi connectivity index (χ0) is 58.6. The first kappa shape index (κ1) is 77.7. The van der Waals surface area contributed by atoms with E-state index in [4.69, 9.17) is 9.47 Å². The van der Waals surface area contributed by atoms with Gasteiger partial charge in [-0.3, -0.25) is 4.79 Å². The molecule has 0 aliphatic carbocycles. The van der Waals surface area contributed by atoms with Crippen molar-refractivity contribution in [1.82, 2.24) is 5.32 Å². The standard InChI is InChI=1S/C72H139NO8/c1-3-5-7-9-11-13-15-17-19-21-23-25-27-29-31-32-33-34-36-38-40-42-44-46-48-50-52-54-56-58-60-62-68(76)73-65(64-80-72-71(79)70(78)69(77)67(63-74)81-72)66(75)61-59-57-55-53-51-49-47-45-43-41-39-37-35-30-28-26-24-22-20-18-16-14-12-10-8-6-4-2/h15,17,21,23,65-67,69-72,74-75,77-79H,3-14,16,18-20,22,24-64H2,1-2H3,(H,73,76)/b17-15-,23-21-. The smallest absolute Gasteiger partial charge is 0.220 e. The van der Waals surface area contributed by atoms with Gasteiger partial charge in [-0.2, -0.15) is 0 Å². The van der Waals surface area contributed by atoms with E-state index in [9.17, 15) is 30.3 Å². The van der Waals surface area contributed by atoms with Crippen molar-refractivity contribution in [1.29, 1.82) is 0 Å². The molecule has 7 atom stereocenters. The predicted octanol–water partition coefficient (Wildman–Crippen LogP) is 19.6. The fourth-order valence-electron chi connectivity index (χ4n) is 11.9. The van der Waals surface area contributed by atoms with Crippen LogP contribution in [-0.4, -0.2) is 87.5 Å². The fourth-order valence-corrected chi connectivity index (χ4v) is 11.9. The molecule has 480 valence electrons. The SMILES string of the molecule is CCCCCCC/C=C\C/C=C\CCCCCCCCCCCCCCCCCCCCCC(=O)NC(COC1OC(CO)C(O)C(O)C1O)C(O)CCCCCCCCCCCCCCCCCCCCCCCCCCCCC. The first-order valence-corrected chi connectivity index (χ1v) is 36.0. The van der Waals surface area contributed by atoms with Crippen molar-refractivity contribution in [3.63, 3.8) is 0 Å². The van der Waals surface area contributed by atoms with Gasteiger partial charge in [0.15, 0.2) is 6.29 Å². The third-order valence-electron chi connectivity index (χ3n) is 17.6. The third kappa shape index (κ3) is 50.5. The van der Waals surface area contributed by atoms with E-state index < -0.39 is 49.5 Å². The maximum atomic E-state index is 13.2. The molecule has 9 nitrogen and oxygen atoms in total. The summed E-state index contributed by atoms with van der Waals surface area (Å²) in [4.78, 5) is 13.2. The third-order valence-corrected chi connectivity index (χ3v) is 17.6. The Morgan fingerprint density at radius 3 is 1.06 bits per heavy atom. The average Bonchev–Trinajstić information content (AvgIpc) is 3.47. The molecule has 0 bridgehead atoms. The lowest BCUT2D eigenvalue weighted by Gasteiger charge is -2.40. The van der Waals surface area contributed by atoms with Gasteiger partial charge in [0.2, 0.25) is 5.91 Å². The number of hydrogen-bond acceptors (Lipinski definition) is 8. The van der Waals surface area contributed by atoms with E-state index in [0.29, 0.717) is 12.8 Å². The van der Waals surface area contributed by atoms with Gasteiger partial charge in [-0.1, -0.05) is 346 Å². The number of amides is 1. The molecule has 7 unspecified atom stereocenters. The van der Waals surface area contributed by atoms with Gasteiger partial charge in [0.05, 0.1) is 25.4 Å². The van der Waals surface area contributed by atoms with Crippen LogP contribution >= 0.6 is 0 Å². The van der Waals surface area contributed by atoms with Gasteiger partial charge in [0, 0.05) is 6.42 Å². The summed E-state index contributed by atoms with van der Waals surface area (Å²) in [6.07, 6.45) is 73.9. The number of rotatable bonds is 64. The second-order valence-corrected chi connectivity index (χ2v) is 25.4. The number of hydrogen-bond donors (Lipinski definition) is 6. The quantitative estimate of drug-likeness (QED) is 0.0261. The van der Waals surface area contributed by atoms with E-state index in [-0.39, 0.29) is 12.5 Å². The van der Waals surface area contributed by atoms with Gasteiger partial charge in [-0.25, -0.2) is 0 Å². The molecule has 1 saturated heterocycles. The van der Waals surface area contributed by atoms with Crippen molar-refractivity contribution < 1.29 is 39.8 Å². The van der Waals surface area contributed by atoms with E-state index in [0.717, 1.165) is 44.9 Å². The summed E-state index contributed by atoms with van der Waals surface area (Å²) < 4.78 is 11.4. The van der Waals surface area contributed by atoms with Crippen molar-refractivity contribution in [2.75, 3.05) is 13.2 Å². The van der Waals surface area contributed by atoms with E-state index in [2.05, 4.69) is 43.5 Å².